The third kappa shape index (κ3) is 3.46. The van der Waals surface area contributed by atoms with E-state index in [9.17, 15) is 9.59 Å². The van der Waals surface area contributed by atoms with Crippen LogP contribution < -0.4 is 5.32 Å². The molecule has 6 nitrogen and oxygen atoms in total. The SMILES string of the molecule is O=C(O)C(Nc1ccccc1CCO)C(=O)O. The van der Waals surface area contributed by atoms with Gasteiger partial charge in [-0.25, -0.2) is 9.59 Å². The quantitative estimate of drug-likeness (QED) is 0.527. The van der Waals surface area contributed by atoms with Crippen LogP contribution in [0, 0.1) is 0 Å². The lowest BCUT2D eigenvalue weighted by Crippen LogP contribution is -2.37. The third-order valence-electron chi connectivity index (χ3n) is 2.19. The van der Waals surface area contributed by atoms with Crippen LogP contribution in [0.25, 0.3) is 0 Å². The van der Waals surface area contributed by atoms with E-state index >= 15 is 0 Å². The van der Waals surface area contributed by atoms with Crippen LogP contribution in [0.5, 0.6) is 0 Å². The van der Waals surface area contributed by atoms with Gasteiger partial charge < -0.3 is 20.6 Å². The Kier molecular flexibility index (Phi) is 4.47. The van der Waals surface area contributed by atoms with Gasteiger partial charge in [0.15, 0.2) is 0 Å². The molecule has 0 aromatic heterocycles. The molecule has 0 saturated heterocycles. The van der Waals surface area contributed by atoms with E-state index < -0.39 is 18.0 Å². The van der Waals surface area contributed by atoms with Crippen molar-refractivity contribution in [2.24, 2.45) is 0 Å². The Balaban J connectivity index is 2.92. The predicted molar refractivity (Wildman–Crippen MR) is 59.9 cm³/mol. The number of aliphatic carboxylic acids is 2. The summed E-state index contributed by atoms with van der Waals surface area (Å²) in [6, 6.07) is 4.95. The fourth-order valence-electron chi connectivity index (χ4n) is 1.38. The number of carboxylic acid groups (broad SMARTS) is 2. The maximum Gasteiger partial charge on any atom is 0.337 e. The molecule has 0 aliphatic carbocycles. The number of carbonyl (C=O) groups is 2. The average molecular weight is 239 g/mol. The van der Waals surface area contributed by atoms with Crippen LogP contribution >= 0.6 is 0 Å². The Morgan fingerprint density at radius 3 is 2.29 bits per heavy atom. The van der Waals surface area contributed by atoms with Crippen molar-refractivity contribution in [3.63, 3.8) is 0 Å². The van der Waals surface area contributed by atoms with Crippen LogP contribution in [0.15, 0.2) is 24.3 Å². The van der Waals surface area contributed by atoms with Crippen LogP contribution in [-0.2, 0) is 16.0 Å². The molecule has 0 atom stereocenters. The molecule has 0 aliphatic heterocycles. The molecule has 0 aliphatic rings. The standard InChI is InChI=1S/C11H13NO5/c13-6-5-7-3-1-2-4-8(7)12-9(10(14)15)11(16)17/h1-4,9,12-13H,5-6H2,(H,14,15)(H,16,17). The van der Waals surface area contributed by atoms with Gasteiger partial charge in [-0.05, 0) is 18.1 Å². The molecular formula is C11H13NO5. The third-order valence-corrected chi connectivity index (χ3v) is 2.19. The van der Waals surface area contributed by atoms with E-state index in [1.807, 2.05) is 0 Å². The number of anilines is 1. The Hall–Kier alpha value is -2.08. The molecule has 0 unspecified atom stereocenters. The second-order valence-electron chi connectivity index (χ2n) is 3.38. The number of nitrogens with one attached hydrogen (secondary N) is 1. The Morgan fingerprint density at radius 2 is 1.76 bits per heavy atom. The lowest BCUT2D eigenvalue weighted by Gasteiger charge is -2.14. The van der Waals surface area contributed by atoms with Crippen molar-refractivity contribution in [1.82, 2.24) is 0 Å². The Bertz CT molecular complexity index is 404. The summed E-state index contributed by atoms with van der Waals surface area (Å²) in [6.07, 6.45) is 0.329. The van der Waals surface area contributed by atoms with Crippen molar-refractivity contribution >= 4 is 17.6 Å². The summed E-state index contributed by atoms with van der Waals surface area (Å²) >= 11 is 0. The maximum atomic E-state index is 10.7. The van der Waals surface area contributed by atoms with Crippen molar-refractivity contribution in [2.45, 2.75) is 12.5 Å². The van der Waals surface area contributed by atoms with E-state index in [0.717, 1.165) is 0 Å². The second-order valence-corrected chi connectivity index (χ2v) is 3.38. The van der Waals surface area contributed by atoms with Crippen molar-refractivity contribution in [3.05, 3.63) is 29.8 Å². The van der Waals surface area contributed by atoms with Crippen LogP contribution in [0.4, 0.5) is 5.69 Å². The molecule has 0 spiro atoms. The Morgan fingerprint density at radius 1 is 1.18 bits per heavy atom. The molecule has 6 heteroatoms. The minimum Gasteiger partial charge on any atom is -0.479 e. The van der Waals surface area contributed by atoms with Crippen LogP contribution in [-0.4, -0.2) is 39.9 Å². The fraction of sp³-hybridized carbons (Fsp3) is 0.273. The molecule has 0 amide bonds. The van der Waals surface area contributed by atoms with Crippen molar-refractivity contribution in [1.29, 1.82) is 0 Å². The van der Waals surface area contributed by atoms with E-state index in [1.165, 1.54) is 0 Å². The lowest BCUT2D eigenvalue weighted by atomic mass is 10.1. The van der Waals surface area contributed by atoms with Gasteiger partial charge in [0.25, 0.3) is 0 Å². The Labute approximate surface area is 97.5 Å². The molecule has 1 aromatic carbocycles. The van der Waals surface area contributed by atoms with Gasteiger partial charge in [0.2, 0.25) is 6.04 Å². The molecule has 0 saturated carbocycles. The van der Waals surface area contributed by atoms with Gasteiger partial charge in [0, 0.05) is 12.3 Å². The average Bonchev–Trinajstić information content (AvgIpc) is 2.27. The molecule has 1 aromatic rings. The minimum atomic E-state index is -1.70. The molecule has 17 heavy (non-hydrogen) atoms. The largest absolute Gasteiger partial charge is 0.479 e. The van der Waals surface area contributed by atoms with Gasteiger partial charge in [-0.15, -0.1) is 0 Å². The van der Waals surface area contributed by atoms with Crippen LogP contribution in [0.1, 0.15) is 5.56 Å². The van der Waals surface area contributed by atoms with Crippen LogP contribution in [0.2, 0.25) is 0 Å². The number of carboxylic acids is 2. The highest BCUT2D eigenvalue weighted by Gasteiger charge is 2.25. The number of hydrogen-bond acceptors (Lipinski definition) is 4. The van der Waals surface area contributed by atoms with E-state index in [0.29, 0.717) is 17.7 Å². The summed E-state index contributed by atoms with van der Waals surface area (Å²) in [5, 5.41) is 28.7. The van der Waals surface area contributed by atoms with E-state index in [1.54, 1.807) is 24.3 Å². The summed E-state index contributed by atoms with van der Waals surface area (Å²) in [5.74, 6) is -2.92. The molecule has 0 heterocycles. The molecular weight excluding hydrogens is 226 g/mol. The van der Waals surface area contributed by atoms with Gasteiger partial charge in [-0.2, -0.15) is 0 Å². The van der Waals surface area contributed by atoms with Gasteiger partial charge in [0.05, 0.1) is 0 Å². The smallest absolute Gasteiger partial charge is 0.337 e. The summed E-state index contributed by atoms with van der Waals surface area (Å²) in [7, 11) is 0. The zero-order chi connectivity index (χ0) is 12.8. The maximum absolute atomic E-state index is 10.7. The first kappa shape index (κ1) is 13.0. The minimum absolute atomic E-state index is 0.0937. The predicted octanol–water partition coefficient (Wildman–Crippen LogP) is 0.171. The molecule has 0 bridgehead atoms. The molecule has 4 N–H and O–H groups in total. The molecule has 92 valence electrons. The highest BCUT2D eigenvalue weighted by Crippen LogP contribution is 2.16. The van der Waals surface area contributed by atoms with Crippen molar-refractivity contribution < 1.29 is 24.9 Å². The monoisotopic (exact) mass is 239 g/mol. The molecule has 1 rings (SSSR count). The summed E-state index contributed by atoms with van der Waals surface area (Å²) in [4.78, 5) is 21.4. The van der Waals surface area contributed by atoms with Gasteiger partial charge in [0.1, 0.15) is 0 Å². The summed E-state index contributed by atoms with van der Waals surface area (Å²) < 4.78 is 0. The summed E-state index contributed by atoms with van der Waals surface area (Å²) in [5.41, 5.74) is 1.07. The number of aliphatic hydroxyl groups is 1. The number of para-hydroxylation sites is 1. The normalized spacial score (nSPS) is 10.2. The first-order chi connectivity index (χ1) is 8.06. The van der Waals surface area contributed by atoms with E-state index in [-0.39, 0.29) is 6.61 Å². The first-order valence-corrected chi connectivity index (χ1v) is 4.97. The van der Waals surface area contributed by atoms with Gasteiger partial charge >= 0.3 is 11.9 Å². The fourth-order valence-corrected chi connectivity index (χ4v) is 1.38. The zero-order valence-electron chi connectivity index (χ0n) is 8.96. The second kappa shape index (κ2) is 5.86. The number of hydrogen-bond donors (Lipinski definition) is 4. The number of benzene rings is 1. The van der Waals surface area contributed by atoms with Crippen LogP contribution in [0.3, 0.4) is 0 Å². The first-order valence-electron chi connectivity index (χ1n) is 4.97. The van der Waals surface area contributed by atoms with Gasteiger partial charge in [-0.3, -0.25) is 0 Å². The van der Waals surface area contributed by atoms with Crippen molar-refractivity contribution in [3.8, 4) is 0 Å². The number of rotatable bonds is 6. The van der Waals surface area contributed by atoms with Gasteiger partial charge in [-0.1, -0.05) is 18.2 Å². The molecule has 0 radical (unpaired) electrons. The lowest BCUT2D eigenvalue weighted by molar-refractivity contribution is -0.148. The summed E-state index contributed by atoms with van der Waals surface area (Å²) in [6.45, 7) is -0.0937. The highest BCUT2D eigenvalue weighted by atomic mass is 16.4. The highest BCUT2D eigenvalue weighted by molar-refractivity contribution is 6.00. The van der Waals surface area contributed by atoms with E-state index in [4.69, 9.17) is 15.3 Å². The molecule has 0 fully saturated rings. The van der Waals surface area contributed by atoms with Crippen molar-refractivity contribution in [2.75, 3.05) is 11.9 Å². The topological polar surface area (TPSA) is 107 Å². The van der Waals surface area contributed by atoms with E-state index in [2.05, 4.69) is 5.32 Å². The number of aliphatic hydroxyl groups excluding tert-OH is 1. The zero-order valence-corrected chi connectivity index (χ0v) is 8.96.